The summed E-state index contributed by atoms with van der Waals surface area (Å²) in [7, 11) is 0. The van der Waals surface area contributed by atoms with Gasteiger partial charge in [0.25, 0.3) is 0 Å². The molecule has 0 aliphatic carbocycles. The Morgan fingerprint density at radius 2 is 2.38 bits per heavy atom. The molecule has 2 heterocycles. The summed E-state index contributed by atoms with van der Waals surface area (Å²) < 4.78 is 1.84. The van der Waals surface area contributed by atoms with Crippen molar-refractivity contribution in [2.45, 2.75) is 26.3 Å². The Labute approximate surface area is 95.2 Å². The molecule has 0 aromatic carbocycles. The van der Waals surface area contributed by atoms with Gasteiger partial charge in [-0.05, 0) is 13.8 Å². The van der Waals surface area contributed by atoms with Crippen molar-refractivity contribution >= 4 is 11.6 Å². The van der Waals surface area contributed by atoms with Gasteiger partial charge in [0.05, 0.1) is 11.9 Å². The highest BCUT2D eigenvalue weighted by molar-refractivity contribution is 5.95. The predicted molar refractivity (Wildman–Crippen MR) is 61.9 cm³/mol. The van der Waals surface area contributed by atoms with Crippen LogP contribution in [0.5, 0.6) is 0 Å². The molecular formula is C12H15N3O. The number of terminal acetylenes is 1. The number of amides is 1. The third-order valence-corrected chi connectivity index (χ3v) is 2.79. The molecule has 1 aliphatic heterocycles. The van der Waals surface area contributed by atoms with Crippen molar-refractivity contribution in [2.75, 3.05) is 11.4 Å². The molecule has 0 radical (unpaired) electrons. The van der Waals surface area contributed by atoms with Gasteiger partial charge in [0, 0.05) is 31.1 Å². The van der Waals surface area contributed by atoms with Crippen LogP contribution in [0.25, 0.3) is 0 Å². The number of nitrogens with zero attached hydrogens (tertiary/aromatic N) is 3. The summed E-state index contributed by atoms with van der Waals surface area (Å²) in [5.41, 5.74) is 0.844. The lowest BCUT2D eigenvalue weighted by atomic mass is 10.1. The number of aromatic nitrogens is 2. The standard InChI is InChI=1S/C12H15N3O/c1-4-10-5-12(16)14(7-10)11-6-13-15(8-11)9(2)3/h1,6,8-10H,5,7H2,2-3H3. The molecule has 1 aromatic heterocycles. The molecule has 1 unspecified atom stereocenters. The van der Waals surface area contributed by atoms with Crippen molar-refractivity contribution < 1.29 is 4.79 Å². The van der Waals surface area contributed by atoms with Crippen LogP contribution in [0.15, 0.2) is 12.4 Å². The summed E-state index contributed by atoms with van der Waals surface area (Å²) in [6.45, 7) is 4.71. The Morgan fingerprint density at radius 1 is 1.62 bits per heavy atom. The smallest absolute Gasteiger partial charge is 0.228 e. The number of hydrogen-bond donors (Lipinski definition) is 0. The Morgan fingerprint density at radius 3 is 2.88 bits per heavy atom. The molecule has 0 spiro atoms. The van der Waals surface area contributed by atoms with Crippen molar-refractivity contribution in [3.8, 4) is 12.3 Å². The molecule has 4 nitrogen and oxygen atoms in total. The highest BCUT2D eigenvalue weighted by Crippen LogP contribution is 2.24. The van der Waals surface area contributed by atoms with Gasteiger partial charge in [-0.2, -0.15) is 5.10 Å². The first-order valence-electron chi connectivity index (χ1n) is 5.42. The minimum absolute atomic E-state index is 0.0369. The van der Waals surface area contributed by atoms with Crippen LogP contribution in [-0.4, -0.2) is 22.2 Å². The van der Waals surface area contributed by atoms with E-state index in [2.05, 4.69) is 11.0 Å². The highest BCUT2D eigenvalue weighted by atomic mass is 16.2. The van der Waals surface area contributed by atoms with Crippen LogP contribution in [0.1, 0.15) is 26.3 Å². The molecule has 1 saturated heterocycles. The quantitative estimate of drug-likeness (QED) is 0.703. The fraction of sp³-hybridized carbons (Fsp3) is 0.500. The number of anilines is 1. The molecule has 0 bridgehead atoms. The molecule has 84 valence electrons. The minimum Gasteiger partial charge on any atom is -0.308 e. The van der Waals surface area contributed by atoms with E-state index < -0.39 is 0 Å². The summed E-state index contributed by atoms with van der Waals surface area (Å²) >= 11 is 0. The third-order valence-electron chi connectivity index (χ3n) is 2.79. The lowest BCUT2D eigenvalue weighted by molar-refractivity contribution is -0.117. The van der Waals surface area contributed by atoms with Crippen LogP contribution in [0, 0.1) is 18.3 Å². The van der Waals surface area contributed by atoms with Gasteiger partial charge >= 0.3 is 0 Å². The van der Waals surface area contributed by atoms with Crippen LogP contribution >= 0.6 is 0 Å². The molecular weight excluding hydrogens is 202 g/mol. The van der Waals surface area contributed by atoms with Crippen molar-refractivity contribution in [3.63, 3.8) is 0 Å². The second-order valence-electron chi connectivity index (χ2n) is 4.34. The largest absolute Gasteiger partial charge is 0.308 e. The minimum atomic E-state index is 0.0369. The normalized spacial score (nSPS) is 20.5. The van der Waals surface area contributed by atoms with E-state index in [1.54, 1.807) is 11.1 Å². The summed E-state index contributed by atoms with van der Waals surface area (Å²) in [5.74, 6) is 2.76. The van der Waals surface area contributed by atoms with E-state index in [1.807, 2.05) is 24.7 Å². The van der Waals surface area contributed by atoms with Gasteiger partial charge in [-0.1, -0.05) is 0 Å². The summed E-state index contributed by atoms with van der Waals surface area (Å²) in [6, 6.07) is 0.301. The molecule has 4 heteroatoms. The topological polar surface area (TPSA) is 38.1 Å². The van der Waals surface area contributed by atoms with Gasteiger partial charge in [-0.25, -0.2) is 0 Å². The maximum Gasteiger partial charge on any atom is 0.228 e. The van der Waals surface area contributed by atoms with Gasteiger partial charge < -0.3 is 4.90 Å². The third kappa shape index (κ3) is 1.81. The fourth-order valence-electron chi connectivity index (χ4n) is 1.82. The maximum absolute atomic E-state index is 11.7. The van der Waals surface area contributed by atoms with E-state index in [0.29, 0.717) is 19.0 Å². The van der Waals surface area contributed by atoms with Crippen molar-refractivity contribution in [2.24, 2.45) is 5.92 Å². The Hall–Kier alpha value is -1.76. The summed E-state index contributed by atoms with van der Waals surface area (Å²) in [6.07, 6.45) is 9.40. The Bertz CT molecular complexity index is 441. The van der Waals surface area contributed by atoms with Crippen LogP contribution in [0.4, 0.5) is 5.69 Å². The number of carbonyl (C=O) groups is 1. The first-order chi connectivity index (χ1) is 7.61. The molecule has 16 heavy (non-hydrogen) atoms. The number of rotatable bonds is 2. The Kier molecular flexibility index (Phi) is 2.69. The highest BCUT2D eigenvalue weighted by Gasteiger charge is 2.30. The lowest BCUT2D eigenvalue weighted by Gasteiger charge is -2.12. The molecule has 1 aliphatic rings. The van der Waals surface area contributed by atoms with Gasteiger partial charge in [0.15, 0.2) is 0 Å². The average molecular weight is 217 g/mol. The second kappa shape index (κ2) is 4.01. The summed E-state index contributed by atoms with van der Waals surface area (Å²) in [4.78, 5) is 13.4. The van der Waals surface area contributed by atoms with Gasteiger partial charge in [-0.3, -0.25) is 9.48 Å². The fourth-order valence-corrected chi connectivity index (χ4v) is 1.82. The van der Waals surface area contributed by atoms with Gasteiger partial charge in [0.2, 0.25) is 5.91 Å². The molecule has 1 amide bonds. The molecule has 1 fully saturated rings. The SMILES string of the molecule is C#CC1CC(=O)N(c2cnn(C(C)C)c2)C1. The zero-order chi connectivity index (χ0) is 11.7. The second-order valence-corrected chi connectivity index (χ2v) is 4.34. The van der Waals surface area contributed by atoms with Crippen LogP contribution in [0.3, 0.4) is 0 Å². The van der Waals surface area contributed by atoms with Crippen LogP contribution in [0.2, 0.25) is 0 Å². The van der Waals surface area contributed by atoms with E-state index in [0.717, 1.165) is 5.69 Å². The van der Waals surface area contributed by atoms with E-state index in [-0.39, 0.29) is 11.8 Å². The van der Waals surface area contributed by atoms with Gasteiger partial charge in [-0.15, -0.1) is 12.3 Å². The molecule has 1 atom stereocenters. The number of hydrogen-bond acceptors (Lipinski definition) is 2. The van der Waals surface area contributed by atoms with Gasteiger partial charge in [0.1, 0.15) is 0 Å². The first-order valence-corrected chi connectivity index (χ1v) is 5.42. The van der Waals surface area contributed by atoms with Crippen molar-refractivity contribution in [3.05, 3.63) is 12.4 Å². The molecule has 0 N–H and O–H groups in total. The van der Waals surface area contributed by atoms with E-state index in [1.165, 1.54) is 0 Å². The van der Waals surface area contributed by atoms with Crippen LogP contribution < -0.4 is 4.90 Å². The van der Waals surface area contributed by atoms with Crippen molar-refractivity contribution in [1.82, 2.24) is 9.78 Å². The van der Waals surface area contributed by atoms with E-state index in [4.69, 9.17) is 6.42 Å². The summed E-state index contributed by atoms with van der Waals surface area (Å²) in [5, 5.41) is 4.22. The Balaban J connectivity index is 2.19. The first kappa shape index (κ1) is 10.7. The zero-order valence-electron chi connectivity index (χ0n) is 9.55. The number of carbonyl (C=O) groups excluding carboxylic acids is 1. The molecule has 2 rings (SSSR count). The molecule has 0 saturated carbocycles. The zero-order valence-corrected chi connectivity index (χ0v) is 9.55. The monoisotopic (exact) mass is 217 g/mol. The molecule has 1 aromatic rings. The van der Waals surface area contributed by atoms with E-state index in [9.17, 15) is 4.79 Å². The maximum atomic E-state index is 11.7. The van der Waals surface area contributed by atoms with E-state index >= 15 is 0 Å². The lowest BCUT2D eigenvalue weighted by Crippen LogP contribution is -2.23. The predicted octanol–water partition coefficient (Wildman–Crippen LogP) is 1.45. The van der Waals surface area contributed by atoms with Crippen molar-refractivity contribution in [1.29, 1.82) is 0 Å². The average Bonchev–Trinajstić information content (AvgIpc) is 2.83. The van der Waals surface area contributed by atoms with Crippen LogP contribution in [-0.2, 0) is 4.79 Å².